The van der Waals surface area contributed by atoms with Crippen molar-refractivity contribution in [1.82, 2.24) is 5.32 Å². The number of carboxylic acids is 1. The van der Waals surface area contributed by atoms with Gasteiger partial charge in [0.05, 0.1) is 0 Å². The molecule has 0 aromatic rings. The number of aliphatic carboxylic acids is 1. The molecule has 4 heteroatoms. The van der Waals surface area contributed by atoms with Crippen molar-refractivity contribution in [2.24, 2.45) is 11.8 Å². The average Bonchev–Trinajstić information content (AvgIpc) is 2.63. The van der Waals surface area contributed by atoms with E-state index in [9.17, 15) is 4.79 Å². The van der Waals surface area contributed by atoms with Crippen LogP contribution in [0.2, 0.25) is 0 Å². The first-order chi connectivity index (χ1) is 7.60. The number of nitrogens with one attached hydrogen (secondary N) is 1. The van der Waals surface area contributed by atoms with E-state index in [1.807, 2.05) is 6.92 Å². The van der Waals surface area contributed by atoms with Gasteiger partial charge in [0.25, 0.3) is 0 Å². The molecule has 0 aromatic carbocycles. The summed E-state index contributed by atoms with van der Waals surface area (Å²) < 4.78 is 0. The Morgan fingerprint density at radius 1 is 1.44 bits per heavy atom. The summed E-state index contributed by atoms with van der Waals surface area (Å²) in [6.07, 6.45) is 4.66. The maximum atomic E-state index is 11.1. The van der Waals surface area contributed by atoms with E-state index in [-0.39, 0.29) is 0 Å². The lowest BCUT2D eigenvalue weighted by Gasteiger charge is -2.24. The normalized spacial score (nSPS) is 36.4. The van der Waals surface area contributed by atoms with Crippen molar-refractivity contribution in [3.8, 4) is 0 Å². The van der Waals surface area contributed by atoms with E-state index in [0.29, 0.717) is 5.92 Å². The monoisotopic (exact) mass is 243 g/mol. The van der Waals surface area contributed by atoms with Gasteiger partial charge in [0.2, 0.25) is 0 Å². The number of rotatable bonds is 3. The Morgan fingerprint density at radius 3 is 2.69 bits per heavy atom. The first kappa shape index (κ1) is 12.2. The molecular formula is C12H21NO2S. The molecule has 0 radical (unpaired) electrons. The van der Waals surface area contributed by atoms with Gasteiger partial charge in [0, 0.05) is 0 Å². The highest BCUT2D eigenvalue weighted by molar-refractivity contribution is 7.99. The second kappa shape index (κ2) is 4.96. The Kier molecular flexibility index (Phi) is 3.80. The van der Waals surface area contributed by atoms with Crippen LogP contribution in [0.1, 0.15) is 32.6 Å². The molecule has 2 fully saturated rings. The molecule has 16 heavy (non-hydrogen) atoms. The largest absolute Gasteiger partial charge is 0.480 e. The summed E-state index contributed by atoms with van der Waals surface area (Å²) in [6, 6.07) is 0. The van der Waals surface area contributed by atoms with Crippen molar-refractivity contribution in [1.29, 1.82) is 0 Å². The van der Waals surface area contributed by atoms with Gasteiger partial charge in [-0.15, -0.1) is 0 Å². The summed E-state index contributed by atoms with van der Waals surface area (Å²) >= 11 is 2.05. The molecule has 0 spiro atoms. The summed E-state index contributed by atoms with van der Waals surface area (Å²) in [6.45, 7) is 2.69. The van der Waals surface area contributed by atoms with E-state index in [1.54, 1.807) is 0 Å². The van der Waals surface area contributed by atoms with Crippen LogP contribution in [-0.2, 0) is 4.79 Å². The maximum absolute atomic E-state index is 11.1. The van der Waals surface area contributed by atoms with E-state index >= 15 is 0 Å². The Bertz CT molecular complexity index is 266. The summed E-state index contributed by atoms with van der Waals surface area (Å²) in [7, 11) is 0. The molecule has 2 heterocycles. The lowest BCUT2D eigenvalue weighted by molar-refractivity contribution is -0.143. The summed E-state index contributed by atoms with van der Waals surface area (Å²) in [5, 5.41) is 12.3. The molecule has 2 unspecified atom stereocenters. The Balaban J connectivity index is 1.82. The fourth-order valence-electron chi connectivity index (χ4n) is 2.87. The van der Waals surface area contributed by atoms with E-state index in [2.05, 4.69) is 17.1 Å². The van der Waals surface area contributed by atoms with Gasteiger partial charge in [-0.25, -0.2) is 0 Å². The highest BCUT2D eigenvalue weighted by Gasteiger charge is 2.41. The van der Waals surface area contributed by atoms with E-state index in [0.717, 1.165) is 18.9 Å². The maximum Gasteiger partial charge on any atom is 0.323 e. The summed E-state index contributed by atoms with van der Waals surface area (Å²) in [5.41, 5.74) is -0.673. The highest BCUT2D eigenvalue weighted by atomic mass is 32.2. The van der Waals surface area contributed by atoms with Crippen LogP contribution in [0.3, 0.4) is 0 Å². The SMILES string of the molecule is CC1(C(=O)O)CC(CC2CCSCC2)CN1. The van der Waals surface area contributed by atoms with Gasteiger partial charge >= 0.3 is 5.97 Å². The van der Waals surface area contributed by atoms with Gasteiger partial charge in [-0.3, -0.25) is 4.79 Å². The second-order valence-electron chi connectivity index (χ2n) is 5.38. The molecule has 2 atom stereocenters. The van der Waals surface area contributed by atoms with Crippen LogP contribution < -0.4 is 5.32 Å². The fourth-order valence-corrected chi connectivity index (χ4v) is 4.08. The van der Waals surface area contributed by atoms with E-state index in [4.69, 9.17) is 5.11 Å². The molecule has 2 rings (SSSR count). The molecule has 3 nitrogen and oxygen atoms in total. The third-order valence-electron chi connectivity index (χ3n) is 3.96. The van der Waals surface area contributed by atoms with Crippen LogP contribution in [0.25, 0.3) is 0 Å². The molecule has 92 valence electrons. The first-order valence-corrected chi connectivity index (χ1v) is 7.32. The molecule has 0 amide bonds. The van der Waals surface area contributed by atoms with Gasteiger partial charge in [-0.05, 0) is 62.5 Å². The molecular weight excluding hydrogens is 222 g/mol. The van der Waals surface area contributed by atoms with Gasteiger partial charge in [-0.2, -0.15) is 11.8 Å². The minimum absolute atomic E-state index is 0.564. The number of carboxylic acid groups (broad SMARTS) is 1. The number of thioether (sulfide) groups is 1. The predicted molar refractivity (Wildman–Crippen MR) is 66.8 cm³/mol. The zero-order chi connectivity index (χ0) is 11.6. The smallest absolute Gasteiger partial charge is 0.323 e. The van der Waals surface area contributed by atoms with E-state index in [1.165, 1.54) is 30.8 Å². The van der Waals surface area contributed by atoms with Crippen LogP contribution in [0.5, 0.6) is 0 Å². The molecule has 0 saturated carbocycles. The number of hydrogen-bond acceptors (Lipinski definition) is 3. The number of hydrogen-bond donors (Lipinski definition) is 2. The lowest BCUT2D eigenvalue weighted by Crippen LogP contribution is -2.44. The molecule has 2 saturated heterocycles. The van der Waals surface area contributed by atoms with Crippen LogP contribution in [0.4, 0.5) is 0 Å². The fraction of sp³-hybridized carbons (Fsp3) is 0.917. The van der Waals surface area contributed by atoms with Crippen LogP contribution >= 0.6 is 11.8 Å². The van der Waals surface area contributed by atoms with Crippen molar-refractivity contribution >= 4 is 17.7 Å². The van der Waals surface area contributed by atoms with Crippen molar-refractivity contribution in [2.75, 3.05) is 18.1 Å². The van der Waals surface area contributed by atoms with Gasteiger partial charge in [0.1, 0.15) is 5.54 Å². The third-order valence-corrected chi connectivity index (χ3v) is 5.01. The molecule has 2 aliphatic heterocycles. The third kappa shape index (κ3) is 2.72. The first-order valence-electron chi connectivity index (χ1n) is 6.16. The molecule has 2 aliphatic rings. The van der Waals surface area contributed by atoms with Crippen LogP contribution in [0.15, 0.2) is 0 Å². The quantitative estimate of drug-likeness (QED) is 0.795. The topological polar surface area (TPSA) is 49.3 Å². The predicted octanol–water partition coefficient (Wildman–Crippen LogP) is 1.97. The minimum atomic E-state index is -0.700. The Hall–Kier alpha value is -0.220. The second-order valence-corrected chi connectivity index (χ2v) is 6.60. The lowest BCUT2D eigenvalue weighted by atomic mass is 9.86. The summed E-state index contributed by atoms with van der Waals surface area (Å²) in [5.74, 6) is 3.29. The van der Waals surface area contributed by atoms with Crippen LogP contribution in [0, 0.1) is 11.8 Å². The molecule has 0 aromatic heterocycles. The average molecular weight is 243 g/mol. The zero-order valence-electron chi connectivity index (χ0n) is 9.87. The van der Waals surface area contributed by atoms with Gasteiger partial charge < -0.3 is 10.4 Å². The van der Waals surface area contributed by atoms with Gasteiger partial charge in [-0.1, -0.05) is 0 Å². The Morgan fingerprint density at radius 2 is 2.12 bits per heavy atom. The van der Waals surface area contributed by atoms with E-state index < -0.39 is 11.5 Å². The minimum Gasteiger partial charge on any atom is -0.480 e. The molecule has 0 aliphatic carbocycles. The van der Waals surface area contributed by atoms with Gasteiger partial charge in [0.15, 0.2) is 0 Å². The molecule has 0 bridgehead atoms. The van der Waals surface area contributed by atoms with Crippen molar-refractivity contribution in [2.45, 2.75) is 38.1 Å². The Labute approximate surface area is 101 Å². The van der Waals surface area contributed by atoms with Crippen molar-refractivity contribution in [3.05, 3.63) is 0 Å². The van der Waals surface area contributed by atoms with Crippen molar-refractivity contribution in [3.63, 3.8) is 0 Å². The van der Waals surface area contributed by atoms with Crippen LogP contribution in [-0.4, -0.2) is 34.7 Å². The van der Waals surface area contributed by atoms with Crippen molar-refractivity contribution < 1.29 is 9.90 Å². The summed E-state index contributed by atoms with van der Waals surface area (Å²) in [4.78, 5) is 11.1. The highest BCUT2D eigenvalue weighted by Crippen LogP contribution is 2.33. The zero-order valence-corrected chi connectivity index (χ0v) is 10.7. The standard InChI is InChI=1S/C12H21NO2S/c1-12(11(14)15)7-10(8-13-12)6-9-2-4-16-5-3-9/h9-10,13H,2-8H2,1H3,(H,14,15). The molecule has 2 N–H and O–H groups in total. The number of carbonyl (C=O) groups is 1.